The Hall–Kier alpha value is 0.420. The van der Waals surface area contributed by atoms with Crippen LogP contribution < -0.4 is 0 Å². The van der Waals surface area contributed by atoms with Gasteiger partial charge in [-0.05, 0) is 0 Å². The van der Waals surface area contributed by atoms with E-state index in [1.165, 1.54) is 0 Å². The van der Waals surface area contributed by atoms with Crippen LogP contribution in [0.5, 0.6) is 0 Å². The summed E-state index contributed by atoms with van der Waals surface area (Å²) in [4.78, 5) is 0. The molecule has 0 saturated heterocycles. The molecule has 92 valence electrons. The topological polar surface area (TPSA) is 47.9 Å². The first-order chi connectivity index (χ1) is 7.31. The lowest BCUT2D eigenvalue weighted by atomic mass is 10.4. The number of aliphatic hydroxyl groups excluding tert-OH is 1. The summed E-state index contributed by atoms with van der Waals surface area (Å²) in [7, 11) is 0. The summed E-state index contributed by atoms with van der Waals surface area (Å²) in [5.74, 6) is 0.687. The van der Waals surface area contributed by atoms with Gasteiger partial charge in [0.15, 0.2) is 0 Å². The summed E-state index contributed by atoms with van der Waals surface area (Å²) < 4.78 is 15.4. The first kappa shape index (κ1) is 15.4. The van der Waals surface area contributed by atoms with Gasteiger partial charge in [-0.15, -0.1) is 23.2 Å². The average molecular weight is 261 g/mol. The molecule has 0 radical (unpaired) electrons. The van der Waals surface area contributed by atoms with E-state index in [-0.39, 0.29) is 12.5 Å². The van der Waals surface area contributed by atoms with Gasteiger partial charge in [0.1, 0.15) is 0 Å². The summed E-state index contributed by atoms with van der Waals surface area (Å²) in [5.41, 5.74) is 0. The Morgan fingerprint density at radius 3 is 1.93 bits per heavy atom. The highest BCUT2D eigenvalue weighted by Gasteiger charge is 2.00. The summed E-state index contributed by atoms with van der Waals surface area (Å²) in [6.45, 7) is 2.79. The molecule has 4 nitrogen and oxygen atoms in total. The molecule has 1 atom stereocenters. The number of alkyl halides is 2. The summed E-state index contributed by atoms with van der Waals surface area (Å²) in [6, 6.07) is 0. The van der Waals surface area contributed by atoms with Crippen molar-refractivity contribution in [1.29, 1.82) is 0 Å². The van der Waals surface area contributed by atoms with Crippen LogP contribution in [-0.2, 0) is 14.2 Å². The van der Waals surface area contributed by atoms with Crippen LogP contribution in [0.1, 0.15) is 0 Å². The van der Waals surface area contributed by atoms with Crippen LogP contribution in [0.25, 0.3) is 0 Å². The molecule has 0 spiro atoms. The molecule has 0 aliphatic heterocycles. The van der Waals surface area contributed by atoms with Crippen LogP contribution in [0, 0.1) is 0 Å². The minimum Gasteiger partial charge on any atom is -0.389 e. The third-order valence-electron chi connectivity index (χ3n) is 1.45. The highest BCUT2D eigenvalue weighted by atomic mass is 35.5. The first-order valence-electron chi connectivity index (χ1n) is 4.84. The van der Waals surface area contributed by atoms with Gasteiger partial charge in [-0.2, -0.15) is 0 Å². The number of rotatable bonds is 11. The molecule has 1 N–H and O–H groups in total. The molecular formula is C9H18Cl2O4. The summed E-state index contributed by atoms with van der Waals surface area (Å²) in [6.07, 6.45) is -0.598. The lowest BCUT2D eigenvalue weighted by Gasteiger charge is -2.08. The predicted octanol–water partition coefficient (Wildman–Crippen LogP) is 0.875. The monoisotopic (exact) mass is 260 g/mol. The number of aliphatic hydroxyl groups is 1. The maximum Gasteiger partial charge on any atom is 0.0908 e. The van der Waals surface area contributed by atoms with Gasteiger partial charge in [0.05, 0.1) is 51.6 Å². The molecular weight excluding hydrogens is 243 g/mol. The standard InChI is InChI=1S/C9H18Cl2O4/c10-1-2-13-3-4-14-5-6-15-8-9(12)7-11/h9,12H,1-8H2/t9-/m0/s1. The van der Waals surface area contributed by atoms with Crippen molar-refractivity contribution in [2.75, 3.05) is 51.4 Å². The van der Waals surface area contributed by atoms with Crippen molar-refractivity contribution in [3.8, 4) is 0 Å². The Labute approximate surface area is 100 Å². The molecule has 0 unspecified atom stereocenters. The molecule has 0 bridgehead atoms. The molecule has 0 saturated carbocycles. The third kappa shape index (κ3) is 12.4. The number of hydrogen-bond acceptors (Lipinski definition) is 4. The van der Waals surface area contributed by atoms with E-state index >= 15 is 0 Å². The van der Waals surface area contributed by atoms with Crippen molar-refractivity contribution in [3.05, 3.63) is 0 Å². The maximum atomic E-state index is 9.03. The Morgan fingerprint density at radius 2 is 1.40 bits per heavy atom. The van der Waals surface area contributed by atoms with Crippen molar-refractivity contribution in [3.63, 3.8) is 0 Å². The van der Waals surface area contributed by atoms with Crippen molar-refractivity contribution in [2.24, 2.45) is 0 Å². The quantitative estimate of drug-likeness (QED) is 0.443. The second-order valence-electron chi connectivity index (χ2n) is 2.80. The van der Waals surface area contributed by atoms with E-state index in [1.807, 2.05) is 0 Å². The Kier molecular flexibility index (Phi) is 12.8. The largest absolute Gasteiger partial charge is 0.389 e. The Bertz CT molecular complexity index is 127. The van der Waals surface area contributed by atoms with E-state index in [0.29, 0.717) is 38.9 Å². The highest BCUT2D eigenvalue weighted by Crippen LogP contribution is 1.89. The molecule has 0 fully saturated rings. The number of ether oxygens (including phenoxy) is 3. The molecule has 0 amide bonds. The molecule has 0 aromatic rings. The lowest BCUT2D eigenvalue weighted by molar-refractivity contribution is -0.00389. The zero-order chi connectivity index (χ0) is 11.4. The number of hydrogen-bond donors (Lipinski definition) is 1. The van der Waals surface area contributed by atoms with E-state index in [1.54, 1.807) is 0 Å². The van der Waals surface area contributed by atoms with Crippen LogP contribution >= 0.6 is 23.2 Å². The normalized spacial score (nSPS) is 13.0. The van der Waals surface area contributed by atoms with Gasteiger partial charge in [0, 0.05) is 5.88 Å². The molecule has 15 heavy (non-hydrogen) atoms. The van der Waals surface area contributed by atoms with E-state index in [2.05, 4.69) is 0 Å². The molecule has 0 heterocycles. The minimum absolute atomic E-state index is 0.188. The molecule has 0 aliphatic carbocycles. The smallest absolute Gasteiger partial charge is 0.0908 e. The van der Waals surface area contributed by atoms with Crippen molar-refractivity contribution in [2.45, 2.75) is 6.10 Å². The van der Waals surface area contributed by atoms with E-state index in [4.69, 9.17) is 42.5 Å². The van der Waals surface area contributed by atoms with Crippen LogP contribution in [-0.4, -0.2) is 62.6 Å². The Morgan fingerprint density at radius 1 is 0.867 bits per heavy atom. The first-order valence-corrected chi connectivity index (χ1v) is 5.91. The second-order valence-corrected chi connectivity index (χ2v) is 3.48. The van der Waals surface area contributed by atoms with Crippen molar-refractivity contribution < 1.29 is 19.3 Å². The van der Waals surface area contributed by atoms with Crippen LogP contribution in [0.15, 0.2) is 0 Å². The van der Waals surface area contributed by atoms with E-state index in [0.717, 1.165) is 0 Å². The van der Waals surface area contributed by atoms with Crippen LogP contribution in [0.4, 0.5) is 0 Å². The zero-order valence-electron chi connectivity index (χ0n) is 8.66. The fourth-order valence-corrected chi connectivity index (χ4v) is 0.956. The fourth-order valence-electron chi connectivity index (χ4n) is 0.758. The molecule has 0 aliphatic rings. The van der Waals surface area contributed by atoms with E-state index < -0.39 is 6.10 Å². The third-order valence-corrected chi connectivity index (χ3v) is 1.96. The van der Waals surface area contributed by atoms with Gasteiger partial charge in [0.25, 0.3) is 0 Å². The van der Waals surface area contributed by atoms with Gasteiger partial charge in [-0.25, -0.2) is 0 Å². The minimum atomic E-state index is -0.598. The SMILES string of the molecule is O[C@@H](CCl)COCCOCCOCCCl. The van der Waals surface area contributed by atoms with Crippen molar-refractivity contribution in [1.82, 2.24) is 0 Å². The summed E-state index contributed by atoms with van der Waals surface area (Å²) >= 11 is 10.8. The van der Waals surface area contributed by atoms with Crippen molar-refractivity contribution >= 4 is 23.2 Å². The van der Waals surface area contributed by atoms with E-state index in [9.17, 15) is 0 Å². The lowest BCUT2D eigenvalue weighted by Crippen LogP contribution is -2.19. The molecule has 0 rings (SSSR count). The zero-order valence-corrected chi connectivity index (χ0v) is 10.2. The maximum absolute atomic E-state index is 9.03. The van der Waals surface area contributed by atoms with Gasteiger partial charge in [-0.1, -0.05) is 0 Å². The van der Waals surface area contributed by atoms with Gasteiger partial charge >= 0.3 is 0 Å². The molecule has 0 aromatic heterocycles. The van der Waals surface area contributed by atoms with Crippen LogP contribution in [0.3, 0.4) is 0 Å². The molecule has 0 aromatic carbocycles. The van der Waals surface area contributed by atoms with Crippen LogP contribution in [0.2, 0.25) is 0 Å². The summed E-state index contributed by atoms with van der Waals surface area (Å²) in [5, 5.41) is 9.03. The van der Waals surface area contributed by atoms with Gasteiger partial charge in [0.2, 0.25) is 0 Å². The van der Waals surface area contributed by atoms with Gasteiger partial charge in [-0.3, -0.25) is 0 Å². The average Bonchev–Trinajstić information content (AvgIpc) is 2.26. The predicted molar refractivity (Wildman–Crippen MR) is 59.9 cm³/mol. The highest BCUT2D eigenvalue weighted by molar-refractivity contribution is 6.18. The molecule has 6 heteroatoms. The Balaban J connectivity index is 2.92. The number of halogens is 2. The fraction of sp³-hybridized carbons (Fsp3) is 1.00. The van der Waals surface area contributed by atoms with Gasteiger partial charge < -0.3 is 19.3 Å². The second kappa shape index (κ2) is 12.5.